The Morgan fingerprint density at radius 1 is 0.897 bits per heavy atom. The highest BCUT2D eigenvalue weighted by Crippen LogP contribution is 2.40. The van der Waals surface area contributed by atoms with Crippen LogP contribution in [0.2, 0.25) is 5.02 Å². The van der Waals surface area contributed by atoms with Gasteiger partial charge in [-0.2, -0.15) is 26.3 Å². The molecule has 0 saturated carbocycles. The fraction of sp³-hybridized carbons (Fsp3) is 0.300. The van der Waals surface area contributed by atoms with Gasteiger partial charge >= 0.3 is 12.4 Å². The number of nitrogens with one attached hydrogen (secondary N) is 1. The summed E-state index contributed by atoms with van der Waals surface area (Å²) in [5.74, 6) is 0. The van der Waals surface area contributed by atoms with Gasteiger partial charge in [0.05, 0.1) is 16.1 Å². The van der Waals surface area contributed by atoms with Crippen LogP contribution >= 0.6 is 11.6 Å². The molecule has 1 heterocycles. The van der Waals surface area contributed by atoms with Crippen LogP contribution in [0, 0.1) is 0 Å². The lowest BCUT2D eigenvalue weighted by molar-refractivity contribution is -0.138. The molecule has 0 bridgehead atoms. The molecule has 3 rings (SSSR count). The number of rotatable bonds is 5. The van der Waals surface area contributed by atoms with Gasteiger partial charge in [-0.1, -0.05) is 17.7 Å². The van der Waals surface area contributed by atoms with Crippen molar-refractivity contribution in [3.05, 3.63) is 58.1 Å². The molecule has 1 aromatic heterocycles. The van der Waals surface area contributed by atoms with E-state index in [0.717, 1.165) is 24.3 Å². The van der Waals surface area contributed by atoms with E-state index in [-0.39, 0.29) is 5.56 Å². The number of aromatic amines is 1. The van der Waals surface area contributed by atoms with E-state index in [9.17, 15) is 26.3 Å². The van der Waals surface area contributed by atoms with Gasteiger partial charge in [-0.05, 0) is 67.3 Å². The molecule has 0 aliphatic heterocycles. The molecule has 0 aliphatic rings. The highest BCUT2D eigenvalue weighted by Gasteiger charge is 2.34. The summed E-state index contributed by atoms with van der Waals surface area (Å²) in [7, 11) is 0. The van der Waals surface area contributed by atoms with Gasteiger partial charge in [0.2, 0.25) is 0 Å². The Hall–Kier alpha value is -2.19. The molecule has 156 valence electrons. The number of halogens is 7. The van der Waals surface area contributed by atoms with Crippen molar-refractivity contribution in [1.29, 1.82) is 0 Å². The molecule has 3 aromatic rings. The number of alkyl halides is 6. The predicted molar refractivity (Wildman–Crippen MR) is 101 cm³/mol. The predicted octanol–water partition coefficient (Wildman–Crippen LogP) is 6.81. The number of fused-ring (bicyclic) bond motifs is 1. The van der Waals surface area contributed by atoms with E-state index >= 15 is 0 Å². The third-order valence-electron chi connectivity index (χ3n) is 4.67. The monoisotopic (exact) mass is 434 g/mol. The van der Waals surface area contributed by atoms with E-state index in [2.05, 4.69) is 4.98 Å². The Balaban J connectivity index is 2.20. The molecule has 9 heteroatoms. The fourth-order valence-electron chi connectivity index (χ4n) is 3.27. The Kier molecular flexibility index (Phi) is 5.87. The van der Waals surface area contributed by atoms with Crippen LogP contribution < -0.4 is 5.73 Å². The highest BCUT2D eigenvalue weighted by molar-refractivity contribution is 6.31. The Morgan fingerprint density at radius 2 is 1.62 bits per heavy atom. The van der Waals surface area contributed by atoms with Gasteiger partial charge < -0.3 is 10.7 Å². The summed E-state index contributed by atoms with van der Waals surface area (Å²) in [4.78, 5) is 2.98. The zero-order valence-electron chi connectivity index (χ0n) is 15.0. The van der Waals surface area contributed by atoms with Crippen LogP contribution in [-0.4, -0.2) is 11.5 Å². The van der Waals surface area contributed by atoms with Crippen molar-refractivity contribution in [2.24, 2.45) is 5.73 Å². The number of hydrogen-bond donors (Lipinski definition) is 2. The SMILES string of the molecule is NCCCCc1c(-c2ccc(Cl)c(C(F)(F)F)c2)[nH]c2ccc(C(F)(F)F)cc12. The van der Waals surface area contributed by atoms with Gasteiger partial charge in [-0.3, -0.25) is 0 Å². The van der Waals surface area contributed by atoms with E-state index in [0.29, 0.717) is 48.0 Å². The van der Waals surface area contributed by atoms with Crippen molar-refractivity contribution in [2.45, 2.75) is 31.6 Å². The number of aryl methyl sites for hydroxylation is 1. The molecule has 0 spiro atoms. The standard InChI is InChI=1S/C20H17ClF6N2/c21-16-6-4-11(9-15(16)20(25,26)27)18-13(3-1-2-8-28)14-10-12(19(22,23)24)5-7-17(14)29-18/h4-7,9-10,29H,1-3,8,28H2. The lowest BCUT2D eigenvalue weighted by atomic mass is 9.98. The second kappa shape index (κ2) is 7.91. The van der Waals surface area contributed by atoms with Crippen molar-refractivity contribution in [2.75, 3.05) is 6.54 Å². The second-order valence-corrected chi connectivity index (χ2v) is 7.08. The maximum absolute atomic E-state index is 13.2. The minimum absolute atomic E-state index is 0.203. The van der Waals surface area contributed by atoms with Gasteiger partial charge in [-0.25, -0.2) is 0 Å². The minimum Gasteiger partial charge on any atom is -0.354 e. The number of nitrogens with two attached hydrogens (primary N) is 1. The number of H-pyrrole nitrogens is 1. The summed E-state index contributed by atoms with van der Waals surface area (Å²) >= 11 is 5.69. The summed E-state index contributed by atoms with van der Waals surface area (Å²) in [5.41, 5.74) is 5.17. The zero-order chi connectivity index (χ0) is 21.4. The molecule has 0 radical (unpaired) electrons. The molecule has 0 unspecified atom stereocenters. The average Bonchev–Trinajstić information content (AvgIpc) is 2.98. The third-order valence-corrected chi connectivity index (χ3v) is 5.00. The largest absolute Gasteiger partial charge is 0.417 e. The van der Waals surface area contributed by atoms with Crippen LogP contribution in [0.3, 0.4) is 0 Å². The molecule has 3 N–H and O–H groups in total. The molecule has 0 fully saturated rings. The molecule has 2 aromatic carbocycles. The Morgan fingerprint density at radius 3 is 2.24 bits per heavy atom. The number of hydrogen-bond acceptors (Lipinski definition) is 1. The molecule has 0 saturated heterocycles. The quantitative estimate of drug-likeness (QED) is 0.336. The topological polar surface area (TPSA) is 41.8 Å². The Bertz CT molecular complexity index is 1020. The van der Waals surface area contributed by atoms with Crippen LogP contribution in [0.5, 0.6) is 0 Å². The zero-order valence-corrected chi connectivity index (χ0v) is 15.8. The van der Waals surface area contributed by atoms with E-state index in [4.69, 9.17) is 17.3 Å². The summed E-state index contributed by atoms with van der Waals surface area (Å²) in [6, 6.07) is 6.71. The first-order chi connectivity index (χ1) is 13.5. The normalized spacial score (nSPS) is 12.7. The van der Waals surface area contributed by atoms with E-state index in [1.165, 1.54) is 12.1 Å². The summed E-state index contributed by atoms with van der Waals surface area (Å²) in [6.07, 6.45) is -7.57. The van der Waals surface area contributed by atoms with Crippen LogP contribution in [0.15, 0.2) is 36.4 Å². The van der Waals surface area contributed by atoms with Crippen molar-refractivity contribution in [3.63, 3.8) is 0 Å². The van der Waals surface area contributed by atoms with Crippen molar-refractivity contribution >= 4 is 22.5 Å². The fourth-order valence-corrected chi connectivity index (χ4v) is 3.50. The summed E-state index contributed by atoms with van der Waals surface area (Å²) < 4.78 is 79.2. The maximum Gasteiger partial charge on any atom is 0.417 e. The average molecular weight is 435 g/mol. The maximum atomic E-state index is 13.2. The molecule has 0 atom stereocenters. The summed E-state index contributed by atoms with van der Waals surface area (Å²) in [5, 5.41) is -0.114. The van der Waals surface area contributed by atoms with Gasteiger partial charge in [0, 0.05) is 16.6 Å². The molecule has 29 heavy (non-hydrogen) atoms. The van der Waals surface area contributed by atoms with Crippen LogP contribution in [0.25, 0.3) is 22.2 Å². The van der Waals surface area contributed by atoms with Crippen molar-refractivity contribution in [3.8, 4) is 11.3 Å². The first-order valence-corrected chi connectivity index (χ1v) is 9.19. The number of benzene rings is 2. The van der Waals surface area contributed by atoms with Gasteiger partial charge in [-0.15, -0.1) is 0 Å². The first-order valence-electron chi connectivity index (χ1n) is 8.81. The molecular weight excluding hydrogens is 418 g/mol. The van der Waals surface area contributed by atoms with Crippen LogP contribution in [0.1, 0.15) is 29.5 Å². The van der Waals surface area contributed by atoms with Crippen molar-refractivity contribution in [1.82, 2.24) is 4.98 Å². The van der Waals surface area contributed by atoms with E-state index in [1.807, 2.05) is 0 Å². The smallest absolute Gasteiger partial charge is 0.354 e. The number of unbranched alkanes of at least 4 members (excludes halogenated alkanes) is 1. The molecule has 0 amide bonds. The number of aromatic nitrogens is 1. The second-order valence-electron chi connectivity index (χ2n) is 6.67. The molecule has 2 nitrogen and oxygen atoms in total. The summed E-state index contributed by atoms with van der Waals surface area (Å²) in [6.45, 7) is 0.407. The third kappa shape index (κ3) is 4.53. The lowest BCUT2D eigenvalue weighted by Gasteiger charge is -2.12. The molecule has 0 aliphatic carbocycles. The minimum atomic E-state index is -4.65. The van der Waals surface area contributed by atoms with Crippen molar-refractivity contribution < 1.29 is 26.3 Å². The first kappa shape index (κ1) is 21.5. The van der Waals surface area contributed by atoms with Crippen LogP contribution in [-0.2, 0) is 18.8 Å². The van der Waals surface area contributed by atoms with E-state index in [1.54, 1.807) is 0 Å². The van der Waals surface area contributed by atoms with Crippen LogP contribution in [0.4, 0.5) is 26.3 Å². The van der Waals surface area contributed by atoms with Gasteiger partial charge in [0.1, 0.15) is 0 Å². The molecular formula is C20H17ClF6N2. The highest BCUT2D eigenvalue weighted by atomic mass is 35.5. The van der Waals surface area contributed by atoms with E-state index < -0.39 is 28.5 Å². The Labute approximate surface area is 167 Å². The lowest BCUT2D eigenvalue weighted by Crippen LogP contribution is -2.06. The van der Waals surface area contributed by atoms with Gasteiger partial charge in [0.25, 0.3) is 0 Å². The van der Waals surface area contributed by atoms with Gasteiger partial charge in [0.15, 0.2) is 0 Å².